The van der Waals surface area contributed by atoms with Gasteiger partial charge in [0.1, 0.15) is 0 Å². The van der Waals surface area contributed by atoms with Crippen LogP contribution in [0, 0.1) is 0 Å². The first-order chi connectivity index (χ1) is 12.6. The Kier molecular flexibility index (Phi) is 6.95. The van der Waals surface area contributed by atoms with Gasteiger partial charge in [-0.1, -0.05) is 35.9 Å². The molecule has 0 spiro atoms. The lowest BCUT2D eigenvalue weighted by Crippen LogP contribution is -2.30. The van der Waals surface area contributed by atoms with Crippen molar-refractivity contribution in [3.8, 4) is 0 Å². The molecule has 7 nitrogen and oxygen atoms in total. The van der Waals surface area contributed by atoms with Gasteiger partial charge in [0.05, 0.1) is 18.7 Å². The molecule has 2 aromatic rings. The van der Waals surface area contributed by atoms with Crippen molar-refractivity contribution in [2.24, 2.45) is 5.73 Å². The maximum absolute atomic E-state index is 12.4. The molecule has 27 heavy (non-hydrogen) atoms. The number of benzene rings is 2. The maximum atomic E-state index is 12.4. The number of sulfonamides is 1. The summed E-state index contributed by atoms with van der Waals surface area (Å²) < 4.78 is 25.7. The summed E-state index contributed by atoms with van der Waals surface area (Å²) in [6.07, 6.45) is 1.05. The van der Waals surface area contributed by atoms with Crippen LogP contribution in [0.1, 0.15) is 23.6 Å². The highest BCUT2D eigenvalue weighted by atomic mass is 35.5. The zero-order valence-corrected chi connectivity index (χ0v) is 16.2. The quantitative estimate of drug-likeness (QED) is 0.617. The van der Waals surface area contributed by atoms with Crippen LogP contribution in [-0.2, 0) is 26.0 Å². The van der Waals surface area contributed by atoms with Crippen molar-refractivity contribution in [1.82, 2.24) is 4.72 Å². The standard InChI is InChI=1S/C18H20ClN3O4S/c1-27(25,26)22-16(13-4-6-14(19)7-5-13)11-18(24)21-15-8-2-12(3-9-15)10-17(20)23/h2-9,16,22H,10-11H2,1H3,(H2,20,23)(H,21,24)/t16-/m0/s1. The summed E-state index contributed by atoms with van der Waals surface area (Å²) in [5.41, 5.74) is 7.03. The molecule has 0 fully saturated rings. The first-order valence-corrected chi connectivity index (χ1v) is 10.3. The second-order valence-electron chi connectivity index (χ2n) is 6.09. The van der Waals surface area contributed by atoms with Crippen LogP contribution in [0.2, 0.25) is 5.02 Å². The van der Waals surface area contributed by atoms with E-state index in [2.05, 4.69) is 10.0 Å². The number of hydrogen-bond donors (Lipinski definition) is 3. The second-order valence-corrected chi connectivity index (χ2v) is 8.30. The van der Waals surface area contributed by atoms with E-state index in [4.69, 9.17) is 17.3 Å². The summed E-state index contributed by atoms with van der Waals surface area (Å²) in [5.74, 6) is -0.807. The van der Waals surface area contributed by atoms with Crippen molar-refractivity contribution < 1.29 is 18.0 Å². The van der Waals surface area contributed by atoms with Gasteiger partial charge < -0.3 is 11.1 Å². The van der Waals surface area contributed by atoms with E-state index in [0.29, 0.717) is 16.3 Å². The van der Waals surface area contributed by atoms with E-state index in [9.17, 15) is 18.0 Å². The van der Waals surface area contributed by atoms with E-state index < -0.39 is 22.0 Å². The van der Waals surface area contributed by atoms with E-state index in [1.54, 1.807) is 48.5 Å². The molecule has 2 aromatic carbocycles. The zero-order chi connectivity index (χ0) is 20.0. The minimum Gasteiger partial charge on any atom is -0.369 e. The third kappa shape index (κ3) is 7.38. The molecule has 0 aliphatic heterocycles. The van der Waals surface area contributed by atoms with Gasteiger partial charge in [0.2, 0.25) is 21.8 Å². The molecule has 0 unspecified atom stereocenters. The fraction of sp³-hybridized carbons (Fsp3) is 0.222. The summed E-state index contributed by atoms with van der Waals surface area (Å²) in [6, 6.07) is 12.5. The predicted molar refractivity (Wildman–Crippen MR) is 105 cm³/mol. The maximum Gasteiger partial charge on any atom is 0.226 e. The lowest BCUT2D eigenvalue weighted by molar-refractivity contribution is -0.118. The number of nitrogens with one attached hydrogen (secondary N) is 2. The Labute approximate surface area is 163 Å². The normalized spacial score (nSPS) is 12.4. The fourth-order valence-corrected chi connectivity index (χ4v) is 3.35. The molecule has 0 bridgehead atoms. The van der Waals surface area contributed by atoms with Crippen molar-refractivity contribution in [2.75, 3.05) is 11.6 Å². The molecule has 0 saturated heterocycles. The topological polar surface area (TPSA) is 118 Å². The summed E-state index contributed by atoms with van der Waals surface area (Å²) in [7, 11) is -3.52. The van der Waals surface area contributed by atoms with Crippen LogP contribution >= 0.6 is 11.6 Å². The fourth-order valence-electron chi connectivity index (χ4n) is 2.49. The minimum absolute atomic E-state index is 0.0995. The van der Waals surface area contributed by atoms with Gasteiger partial charge in [-0.3, -0.25) is 9.59 Å². The van der Waals surface area contributed by atoms with E-state index in [1.807, 2.05) is 0 Å². The number of hydrogen-bond acceptors (Lipinski definition) is 4. The van der Waals surface area contributed by atoms with E-state index in [-0.39, 0.29) is 18.7 Å². The molecule has 0 heterocycles. The van der Waals surface area contributed by atoms with Crippen LogP contribution in [0.3, 0.4) is 0 Å². The highest BCUT2D eigenvalue weighted by Gasteiger charge is 2.20. The SMILES string of the molecule is CS(=O)(=O)N[C@@H](CC(=O)Nc1ccc(CC(N)=O)cc1)c1ccc(Cl)cc1. The summed E-state index contributed by atoms with van der Waals surface area (Å²) in [4.78, 5) is 23.3. The third-order valence-electron chi connectivity index (χ3n) is 3.63. The summed E-state index contributed by atoms with van der Waals surface area (Å²) >= 11 is 5.86. The first kappa shape index (κ1) is 20.9. The van der Waals surface area contributed by atoms with Gasteiger partial charge >= 0.3 is 0 Å². The number of carbonyl (C=O) groups excluding carboxylic acids is 2. The Morgan fingerprint density at radius 2 is 1.67 bits per heavy atom. The highest BCUT2D eigenvalue weighted by Crippen LogP contribution is 2.21. The van der Waals surface area contributed by atoms with Crippen molar-refractivity contribution in [3.05, 3.63) is 64.7 Å². The molecule has 1 atom stereocenters. The number of amides is 2. The Morgan fingerprint density at radius 1 is 1.07 bits per heavy atom. The Balaban J connectivity index is 2.08. The number of anilines is 1. The molecular formula is C18H20ClN3O4S. The molecule has 0 saturated carbocycles. The van der Waals surface area contributed by atoms with Gasteiger partial charge in [0.15, 0.2) is 0 Å². The number of nitrogens with two attached hydrogens (primary N) is 1. The van der Waals surface area contributed by atoms with Crippen molar-refractivity contribution in [1.29, 1.82) is 0 Å². The average molecular weight is 410 g/mol. The van der Waals surface area contributed by atoms with Gasteiger partial charge in [0, 0.05) is 17.1 Å². The van der Waals surface area contributed by atoms with E-state index in [0.717, 1.165) is 11.8 Å². The lowest BCUT2D eigenvalue weighted by atomic mass is 10.0. The highest BCUT2D eigenvalue weighted by molar-refractivity contribution is 7.88. The van der Waals surface area contributed by atoms with Crippen molar-refractivity contribution >= 4 is 39.1 Å². The lowest BCUT2D eigenvalue weighted by Gasteiger charge is -2.18. The van der Waals surface area contributed by atoms with E-state index in [1.165, 1.54) is 0 Å². The molecule has 0 radical (unpaired) electrons. The Bertz CT molecular complexity index is 913. The van der Waals surface area contributed by atoms with Crippen LogP contribution in [0.5, 0.6) is 0 Å². The molecule has 9 heteroatoms. The number of rotatable bonds is 8. The van der Waals surface area contributed by atoms with Crippen LogP contribution in [0.25, 0.3) is 0 Å². The minimum atomic E-state index is -3.52. The molecule has 144 valence electrons. The van der Waals surface area contributed by atoms with Crippen molar-refractivity contribution in [3.63, 3.8) is 0 Å². The van der Waals surface area contributed by atoms with Gasteiger partial charge in [0.25, 0.3) is 0 Å². The van der Waals surface area contributed by atoms with Crippen molar-refractivity contribution in [2.45, 2.75) is 18.9 Å². The predicted octanol–water partition coefficient (Wildman–Crippen LogP) is 1.99. The van der Waals surface area contributed by atoms with Gasteiger partial charge in [-0.05, 0) is 35.4 Å². The van der Waals surface area contributed by atoms with Gasteiger partial charge in [-0.2, -0.15) is 0 Å². The number of primary amides is 1. The van der Waals surface area contributed by atoms with Crippen LogP contribution in [0.15, 0.2) is 48.5 Å². The monoisotopic (exact) mass is 409 g/mol. The molecule has 4 N–H and O–H groups in total. The smallest absolute Gasteiger partial charge is 0.226 e. The van der Waals surface area contributed by atoms with E-state index >= 15 is 0 Å². The largest absolute Gasteiger partial charge is 0.369 e. The van der Waals surface area contributed by atoms with Gasteiger partial charge in [-0.15, -0.1) is 0 Å². The number of halogens is 1. The Hall–Kier alpha value is -2.42. The summed E-state index contributed by atoms with van der Waals surface area (Å²) in [6.45, 7) is 0. The average Bonchev–Trinajstić information content (AvgIpc) is 2.55. The molecule has 0 aromatic heterocycles. The second kappa shape index (κ2) is 8.98. The third-order valence-corrected chi connectivity index (χ3v) is 4.60. The first-order valence-electron chi connectivity index (χ1n) is 8.02. The summed E-state index contributed by atoms with van der Waals surface area (Å²) in [5, 5.41) is 3.22. The Morgan fingerprint density at radius 3 is 2.19 bits per heavy atom. The molecule has 2 rings (SSSR count). The molecular weight excluding hydrogens is 390 g/mol. The molecule has 2 amide bonds. The zero-order valence-electron chi connectivity index (χ0n) is 14.6. The van der Waals surface area contributed by atoms with Crippen LogP contribution in [0.4, 0.5) is 5.69 Å². The van der Waals surface area contributed by atoms with Crippen LogP contribution in [-0.4, -0.2) is 26.5 Å². The molecule has 0 aliphatic rings. The van der Waals surface area contributed by atoms with Gasteiger partial charge in [-0.25, -0.2) is 13.1 Å². The molecule has 0 aliphatic carbocycles. The number of carbonyl (C=O) groups is 2. The van der Waals surface area contributed by atoms with Crippen LogP contribution < -0.4 is 15.8 Å².